The van der Waals surface area contributed by atoms with Gasteiger partial charge in [0.25, 0.3) is 5.91 Å². The van der Waals surface area contributed by atoms with Gasteiger partial charge in [-0.1, -0.05) is 29.8 Å². The number of carbonyl (C=O) groups excluding carboxylic acids is 1. The van der Waals surface area contributed by atoms with Crippen molar-refractivity contribution in [2.75, 3.05) is 19.6 Å². The maximum atomic E-state index is 13.7. The summed E-state index contributed by atoms with van der Waals surface area (Å²) in [5.74, 6) is -0.622. The number of hydrogen-bond acceptors (Lipinski definition) is 2. The van der Waals surface area contributed by atoms with Crippen LogP contribution in [0.5, 0.6) is 0 Å². The van der Waals surface area contributed by atoms with Crippen LogP contribution in [0, 0.1) is 12.7 Å². The van der Waals surface area contributed by atoms with Crippen LogP contribution >= 0.6 is 11.6 Å². The summed E-state index contributed by atoms with van der Waals surface area (Å²) in [5.41, 5.74) is 1.96. The highest BCUT2D eigenvalue weighted by Crippen LogP contribution is 2.26. The summed E-state index contributed by atoms with van der Waals surface area (Å²) < 4.78 is 13.7. The molecule has 1 aliphatic heterocycles. The Hall–Kier alpha value is -1.91. The minimum absolute atomic E-state index is 0.0699. The predicted octanol–water partition coefficient (Wildman–Crippen LogP) is 4.35. The van der Waals surface area contributed by atoms with E-state index < -0.39 is 0 Å². The van der Waals surface area contributed by atoms with E-state index in [0.29, 0.717) is 22.7 Å². The summed E-state index contributed by atoms with van der Waals surface area (Å²) in [6.07, 6.45) is 2.32. The molecule has 0 aromatic heterocycles. The number of likely N-dealkylation sites (tertiary alicyclic amines) is 1. The average Bonchev–Trinajstić information content (AvgIpc) is 3.12. The molecule has 1 atom stereocenters. The Balaban J connectivity index is 1.73. The van der Waals surface area contributed by atoms with E-state index in [4.69, 9.17) is 11.6 Å². The molecule has 0 radical (unpaired) electrons. The molecule has 0 bridgehead atoms. The fourth-order valence-electron chi connectivity index (χ4n) is 3.25. The molecule has 1 saturated heterocycles. The van der Waals surface area contributed by atoms with E-state index in [1.165, 1.54) is 6.07 Å². The van der Waals surface area contributed by atoms with Gasteiger partial charge in [0.2, 0.25) is 0 Å². The second kappa shape index (κ2) is 7.98. The van der Waals surface area contributed by atoms with Crippen molar-refractivity contribution in [1.82, 2.24) is 10.2 Å². The Labute approximate surface area is 152 Å². The Morgan fingerprint density at radius 3 is 2.68 bits per heavy atom. The minimum Gasteiger partial charge on any atom is -0.350 e. The van der Waals surface area contributed by atoms with Gasteiger partial charge in [-0.3, -0.25) is 9.69 Å². The molecule has 0 aliphatic carbocycles. The van der Waals surface area contributed by atoms with Crippen molar-refractivity contribution >= 4 is 17.5 Å². The van der Waals surface area contributed by atoms with Crippen LogP contribution in [0.25, 0.3) is 0 Å². The molecule has 1 unspecified atom stereocenters. The van der Waals surface area contributed by atoms with Crippen LogP contribution in [-0.4, -0.2) is 30.4 Å². The molecule has 2 aromatic carbocycles. The first-order chi connectivity index (χ1) is 12.0. The lowest BCUT2D eigenvalue weighted by molar-refractivity contribution is 0.0937. The molecule has 1 aliphatic rings. The van der Waals surface area contributed by atoms with Gasteiger partial charge in [-0.2, -0.15) is 0 Å². The second-order valence-corrected chi connectivity index (χ2v) is 6.92. The van der Waals surface area contributed by atoms with Gasteiger partial charge in [-0.25, -0.2) is 4.39 Å². The molecule has 5 heteroatoms. The topological polar surface area (TPSA) is 32.3 Å². The van der Waals surface area contributed by atoms with Gasteiger partial charge in [0.15, 0.2) is 0 Å². The molecule has 1 amide bonds. The number of amides is 1. The number of nitrogens with one attached hydrogen (secondary N) is 1. The molecule has 132 valence electrons. The minimum atomic E-state index is -0.362. The highest BCUT2D eigenvalue weighted by atomic mass is 35.5. The zero-order valence-corrected chi connectivity index (χ0v) is 15.0. The van der Waals surface area contributed by atoms with Gasteiger partial charge in [-0.15, -0.1) is 0 Å². The SMILES string of the molecule is Cc1ccc(C(=O)NCC(c2cccc(Cl)c2)N2CCCC2)cc1F. The van der Waals surface area contributed by atoms with Crippen molar-refractivity contribution in [3.63, 3.8) is 0 Å². The first-order valence-corrected chi connectivity index (χ1v) is 8.96. The largest absolute Gasteiger partial charge is 0.350 e. The van der Waals surface area contributed by atoms with Crippen molar-refractivity contribution in [1.29, 1.82) is 0 Å². The quantitative estimate of drug-likeness (QED) is 0.859. The Kier molecular flexibility index (Phi) is 5.71. The van der Waals surface area contributed by atoms with Gasteiger partial charge in [0.1, 0.15) is 5.82 Å². The monoisotopic (exact) mass is 360 g/mol. The number of halogens is 2. The van der Waals surface area contributed by atoms with Crippen LogP contribution in [0.3, 0.4) is 0 Å². The molecule has 3 nitrogen and oxygen atoms in total. The third-order valence-electron chi connectivity index (χ3n) is 4.70. The van der Waals surface area contributed by atoms with Crippen LogP contribution in [-0.2, 0) is 0 Å². The lowest BCUT2D eigenvalue weighted by atomic mass is 10.0. The summed E-state index contributed by atoms with van der Waals surface area (Å²) in [6, 6.07) is 12.4. The molecule has 1 heterocycles. The smallest absolute Gasteiger partial charge is 0.251 e. The Bertz CT molecular complexity index is 759. The normalized spacial score (nSPS) is 16.0. The molecule has 3 rings (SSSR count). The third-order valence-corrected chi connectivity index (χ3v) is 4.94. The molecule has 1 N–H and O–H groups in total. The molecule has 0 spiro atoms. The maximum absolute atomic E-state index is 13.7. The molecular weight excluding hydrogens is 339 g/mol. The van der Waals surface area contributed by atoms with E-state index in [1.807, 2.05) is 24.3 Å². The highest BCUT2D eigenvalue weighted by Gasteiger charge is 2.24. The molecule has 1 fully saturated rings. The fourth-order valence-corrected chi connectivity index (χ4v) is 3.45. The van der Waals surface area contributed by atoms with Crippen molar-refractivity contribution in [3.05, 3.63) is 70.0 Å². The summed E-state index contributed by atoms with van der Waals surface area (Å²) in [5, 5.41) is 3.64. The maximum Gasteiger partial charge on any atom is 0.251 e. The van der Waals surface area contributed by atoms with E-state index in [2.05, 4.69) is 10.2 Å². The predicted molar refractivity (Wildman–Crippen MR) is 98.5 cm³/mol. The lowest BCUT2D eigenvalue weighted by Crippen LogP contribution is -2.36. The molecular formula is C20H22ClFN2O. The summed E-state index contributed by atoms with van der Waals surface area (Å²) >= 11 is 6.14. The summed E-state index contributed by atoms with van der Waals surface area (Å²) in [6.45, 7) is 4.16. The number of hydrogen-bond donors (Lipinski definition) is 1. The average molecular weight is 361 g/mol. The third kappa shape index (κ3) is 4.39. The number of benzene rings is 2. The van der Waals surface area contributed by atoms with Crippen LogP contribution < -0.4 is 5.32 Å². The zero-order valence-electron chi connectivity index (χ0n) is 14.3. The Morgan fingerprint density at radius 1 is 1.24 bits per heavy atom. The fraction of sp³-hybridized carbons (Fsp3) is 0.350. The number of rotatable bonds is 5. The van der Waals surface area contributed by atoms with Gasteiger partial charge in [-0.05, 0) is 68.2 Å². The first-order valence-electron chi connectivity index (χ1n) is 8.58. The van der Waals surface area contributed by atoms with Crippen molar-refractivity contribution < 1.29 is 9.18 Å². The van der Waals surface area contributed by atoms with Crippen molar-refractivity contribution in [3.8, 4) is 0 Å². The highest BCUT2D eigenvalue weighted by molar-refractivity contribution is 6.30. The van der Waals surface area contributed by atoms with E-state index in [9.17, 15) is 9.18 Å². The van der Waals surface area contributed by atoms with Crippen LogP contribution in [0.1, 0.15) is 40.4 Å². The van der Waals surface area contributed by atoms with Gasteiger partial charge >= 0.3 is 0 Å². The zero-order chi connectivity index (χ0) is 17.8. The van der Waals surface area contributed by atoms with Gasteiger partial charge < -0.3 is 5.32 Å². The van der Waals surface area contributed by atoms with Crippen molar-refractivity contribution in [2.24, 2.45) is 0 Å². The van der Waals surface area contributed by atoms with Crippen LogP contribution in [0.4, 0.5) is 4.39 Å². The van der Waals surface area contributed by atoms with Crippen LogP contribution in [0.2, 0.25) is 5.02 Å². The van der Waals surface area contributed by atoms with Gasteiger partial charge in [0, 0.05) is 17.1 Å². The number of carbonyl (C=O) groups is 1. The number of aryl methyl sites for hydroxylation is 1. The molecule has 25 heavy (non-hydrogen) atoms. The molecule has 0 saturated carbocycles. The van der Waals surface area contributed by atoms with E-state index in [1.54, 1.807) is 19.1 Å². The van der Waals surface area contributed by atoms with E-state index in [-0.39, 0.29) is 17.8 Å². The van der Waals surface area contributed by atoms with Crippen molar-refractivity contribution in [2.45, 2.75) is 25.8 Å². The van der Waals surface area contributed by atoms with Gasteiger partial charge in [0.05, 0.1) is 6.04 Å². The lowest BCUT2D eigenvalue weighted by Gasteiger charge is -2.28. The standard InChI is InChI=1S/C20H22ClFN2O/c1-14-7-8-16(12-18(14)22)20(25)23-13-19(24-9-2-3-10-24)15-5-4-6-17(21)11-15/h4-8,11-12,19H,2-3,9-10,13H2,1H3,(H,23,25). The van der Waals surface area contributed by atoms with Crippen LogP contribution in [0.15, 0.2) is 42.5 Å². The number of nitrogens with zero attached hydrogens (tertiary/aromatic N) is 1. The van der Waals surface area contributed by atoms with E-state index >= 15 is 0 Å². The summed E-state index contributed by atoms with van der Waals surface area (Å²) in [7, 11) is 0. The second-order valence-electron chi connectivity index (χ2n) is 6.49. The first kappa shape index (κ1) is 17.9. The summed E-state index contributed by atoms with van der Waals surface area (Å²) in [4.78, 5) is 14.8. The molecule has 2 aromatic rings. The Morgan fingerprint density at radius 2 is 2.00 bits per heavy atom. The van der Waals surface area contributed by atoms with E-state index in [0.717, 1.165) is 31.5 Å².